The molecule has 0 bridgehead atoms. The fraction of sp³-hybridized carbons (Fsp3) is 0.933. The Morgan fingerprint density at radius 3 is 3.00 bits per heavy atom. The Hall–Kier alpha value is -0.220. The van der Waals surface area contributed by atoms with E-state index in [0.717, 1.165) is 18.9 Å². The van der Waals surface area contributed by atoms with Gasteiger partial charge in [0, 0.05) is 11.3 Å². The van der Waals surface area contributed by atoms with E-state index in [2.05, 4.69) is 38.2 Å². The van der Waals surface area contributed by atoms with Gasteiger partial charge in [0.1, 0.15) is 0 Å². The molecule has 1 N–H and O–H groups in total. The summed E-state index contributed by atoms with van der Waals surface area (Å²) in [4.78, 5) is 7.10. The molecule has 19 heavy (non-hydrogen) atoms. The summed E-state index contributed by atoms with van der Waals surface area (Å²) in [6.45, 7) is 5.74. The molecule has 3 atom stereocenters. The fourth-order valence-corrected chi connectivity index (χ4v) is 4.48. The maximum absolute atomic E-state index is 4.86. The minimum absolute atomic E-state index is 0.364. The van der Waals surface area contributed by atoms with E-state index in [4.69, 9.17) is 4.99 Å². The molecule has 1 spiro atoms. The van der Waals surface area contributed by atoms with E-state index in [-0.39, 0.29) is 0 Å². The summed E-state index contributed by atoms with van der Waals surface area (Å²) in [7, 11) is 4.25. The zero-order chi connectivity index (χ0) is 13.9. The van der Waals surface area contributed by atoms with Crippen molar-refractivity contribution in [3.05, 3.63) is 0 Å². The molecular formula is C15H29N3S. The zero-order valence-corrected chi connectivity index (χ0v) is 13.7. The zero-order valence-electron chi connectivity index (χ0n) is 12.9. The van der Waals surface area contributed by atoms with Gasteiger partial charge in [-0.3, -0.25) is 4.99 Å². The third-order valence-electron chi connectivity index (χ3n) is 4.28. The van der Waals surface area contributed by atoms with Crippen LogP contribution in [0.25, 0.3) is 0 Å². The Kier molecular flexibility index (Phi) is 5.18. The van der Waals surface area contributed by atoms with E-state index < -0.39 is 0 Å². The molecule has 0 aromatic rings. The van der Waals surface area contributed by atoms with E-state index >= 15 is 0 Å². The topological polar surface area (TPSA) is 27.6 Å². The van der Waals surface area contributed by atoms with Gasteiger partial charge < -0.3 is 10.2 Å². The molecular weight excluding hydrogens is 254 g/mol. The van der Waals surface area contributed by atoms with Gasteiger partial charge >= 0.3 is 0 Å². The average molecular weight is 283 g/mol. The van der Waals surface area contributed by atoms with Gasteiger partial charge in [0.05, 0.1) is 6.04 Å². The predicted molar refractivity (Wildman–Crippen MR) is 86.0 cm³/mol. The van der Waals surface area contributed by atoms with E-state index in [1.165, 1.54) is 36.6 Å². The number of rotatable bonds is 4. The summed E-state index contributed by atoms with van der Waals surface area (Å²) in [5, 5.41) is 4.95. The van der Waals surface area contributed by atoms with Crippen molar-refractivity contribution < 1.29 is 0 Å². The number of aliphatic imine (C=N–C) groups is 1. The molecule has 0 radical (unpaired) electrons. The van der Waals surface area contributed by atoms with Crippen molar-refractivity contribution in [2.45, 2.75) is 57.5 Å². The van der Waals surface area contributed by atoms with Gasteiger partial charge in [-0.25, -0.2) is 0 Å². The Morgan fingerprint density at radius 1 is 1.53 bits per heavy atom. The second kappa shape index (κ2) is 6.49. The first-order valence-electron chi connectivity index (χ1n) is 7.63. The van der Waals surface area contributed by atoms with Crippen LogP contribution in [0.3, 0.4) is 0 Å². The van der Waals surface area contributed by atoms with Gasteiger partial charge in [0.25, 0.3) is 0 Å². The molecule has 1 aliphatic heterocycles. The van der Waals surface area contributed by atoms with Crippen LogP contribution in [0.5, 0.6) is 0 Å². The quantitative estimate of drug-likeness (QED) is 0.859. The van der Waals surface area contributed by atoms with Crippen LogP contribution >= 0.6 is 11.8 Å². The van der Waals surface area contributed by atoms with Crippen LogP contribution in [0.1, 0.15) is 46.0 Å². The van der Waals surface area contributed by atoms with E-state index in [1.807, 2.05) is 11.8 Å². The lowest BCUT2D eigenvalue weighted by Gasteiger charge is -2.36. The normalized spacial score (nSPS) is 35.0. The Bertz CT molecular complexity index is 329. The number of thioether (sulfide) groups is 1. The molecule has 2 rings (SSSR count). The first-order chi connectivity index (χ1) is 8.99. The Labute approximate surface area is 122 Å². The van der Waals surface area contributed by atoms with Crippen molar-refractivity contribution in [3.8, 4) is 0 Å². The van der Waals surface area contributed by atoms with Crippen LogP contribution in [-0.4, -0.2) is 48.0 Å². The summed E-state index contributed by atoms with van der Waals surface area (Å²) in [5.74, 6) is 2.09. The van der Waals surface area contributed by atoms with Crippen LogP contribution in [0, 0.1) is 5.92 Å². The molecule has 1 saturated carbocycles. The average Bonchev–Trinajstić information content (AvgIpc) is 2.69. The minimum atomic E-state index is 0.364. The Morgan fingerprint density at radius 2 is 2.32 bits per heavy atom. The molecule has 4 heteroatoms. The highest BCUT2D eigenvalue weighted by Crippen LogP contribution is 2.38. The summed E-state index contributed by atoms with van der Waals surface area (Å²) in [6.07, 6.45) is 6.57. The minimum Gasteiger partial charge on any atom is -0.359 e. The second-order valence-electron chi connectivity index (χ2n) is 6.77. The third kappa shape index (κ3) is 4.38. The molecule has 2 aliphatic rings. The highest BCUT2D eigenvalue weighted by molar-refractivity contribution is 8.14. The molecule has 3 nitrogen and oxygen atoms in total. The van der Waals surface area contributed by atoms with E-state index in [0.29, 0.717) is 11.6 Å². The summed E-state index contributed by atoms with van der Waals surface area (Å²) in [5.41, 5.74) is 0.364. The van der Waals surface area contributed by atoms with Gasteiger partial charge in [-0.15, -0.1) is 0 Å². The number of amidine groups is 1. The van der Waals surface area contributed by atoms with Crippen molar-refractivity contribution in [2.75, 3.05) is 26.4 Å². The Balaban J connectivity index is 1.86. The number of hydrogen-bond acceptors (Lipinski definition) is 3. The van der Waals surface area contributed by atoms with Crippen molar-refractivity contribution in [3.63, 3.8) is 0 Å². The van der Waals surface area contributed by atoms with Gasteiger partial charge in [-0.05, 0) is 52.7 Å². The van der Waals surface area contributed by atoms with Crippen molar-refractivity contribution in [2.24, 2.45) is 10.9 Å². The molecule has 1 saturated heterocycles. The smallest absolute Gasteiger partial charge is 0.157 e. The first-order valence-corrected chi connectivity index (χ1v) is 8.61. The second-order valence-corrected chi connectivity index (χ2v) is 7.73. The van der Waals surface area contributed by atoms with Crippen LogP contribution in [-0.2, 0) is 0 Å². The SMILES string of the molecule is CC1CCCC2(CSC(=NC(C)CCN(C)C)N2)C1. The molecule has 2 fully saturated rings. The molecule has 0 aromatic carbocycles. The number of hydrogen-bond donors (Lipinski definition) is 1. The van der Waals surface area contributed by atoms with Gasteiger partial charge in [-0.1, -0.05) is 31.5 Å². The van der Waals surface area contributed by atoms with Crippen molar-refractivity contribution in [1.82, 2.24) is 10.2 Å². The molecule has 3 unspecified atom stereocenters. The standard InChI is InChI=1S/C15H29N3S/c1-12-6-5-8-15(10-12)11-19-14(17-15)16-13(2)7-9-18(3)4/h12-13H,5-11H2,1-4H3,(H,16,17). The highest BCUT2D eigenvalue weighted by atomic mass is 32.2. The van der Waals surface area contributed by atoms with Gasteiger partial charge in [0.2, 0.25) is 0 Å². The fourth-order valence-electron chi connectivity index (χ4n) is 3.19. The van der Waals surface area contributed by atoms with Crippen LogP contribution in [0.15, 0.2) is 4.99 Å². The summed E-state index contributed by atoms with van der Waals surface area (Å²) in [6, 6.07) is 0.425. The highest BCUT2D eigenvalue weighted by Gasteiger charge is 2.40. The number of nitrogens with one attached hydrogen (secondary N) is 1. The third-order valence-corrected chi connectivity index (χ3v) is 5.46. The molecule has 1 heterocycles. The maximum Gasteiger partial charge on any atom is 0.157 e. The van der Waals surface area contributed by atoms with Crippen LogP contribution in [0.4, 0.5) is 0 Å². The summed E-state index contributed by atoms with van der Waals surface area (Å²) < 4.78 is 0. The number of nitrogens with zero attached hydrogens (tertiary/aromatic N) is 2. The molecule has 0 aromatic heterocycles. The van der Waals surface area contributed by atoms with Crippen LogP contribution in [0.2, 0.25) is 0 Å². The predicted octanol–water partition coefficient (Wildman–Crippen LogP) is 2.97. The van der Waals surface area contributed by atoms with Crippen molar-refractivity contribution >= 4 is 16.9 Å². The van der Waals surface area contributed by atoms with E-state index in [1.54, 1.807) is 0 Å². The summed E-state index contributed by atoms with van der Waals surface area (Å²) >= 11 is 1.94. The molecule has 0 amide bonds. The van der Waals surface area contributed by atoms with Gasteiger partial charge in [-0.2, -0.15) is 0 Å². The monoisotopic (exact) mass is 283 g/mol. The van der Waals surface area contributed by atoms with Crippen molar-refractivity contribution in [1.29, 1.82) is 0 Å². The van der Waals surface area contributed by atoms with Gasteiger partial charge in [0.15, 0.2) is 5.17 Å². The van der Waals surface area contributed by atoms with Crippen LogP contribution < -0.4 is 5.32 Å². The molecule has 110 valence electrons. The maximum atomic E-state index is 4.86. The lowest BCUT2D eigenvalue weighted by molar-refractivity contribution is 0.242. The largest absolute Gasteiger partial charge is 0.359 e. The van der Waals surface area contributed by atoms with E-state index in [9.17, 15) is 0 Å². The first kappa shape index (κ1) is 15.2. The lowest BCUT2D eigenvalue weighted by Crippen LogP contribution is -2.47. The molecule has 1 aliphatic carbocycles. The lowest BCUT2D eigenvalue weighted by atomic mass is 9.78.